The van der Waals surface area contributed by atoms with Crippen LogP contribution in [-0.4, -0.2) is 85.3 Å². The van der Waals surface area contributed by atoms with Crippen molar-refractivity contribution < 1.29 is 28.7 Å². The Kier molecular flexibility index (Phi) is 5.81. The van der Waals surface area contributed by atoms with Crippen molar-refractivity contribution in [2.75, 3.05) is 46.9 Å². The van der Waals surface area contributed by atoms with E-state index in [9.17, 15) is 19.2 Å². The standard InChI is InChI=1S/C23H23N3O6/c1-31-18-8-7-15(13-19(18)32-2)21(28)25-11-9-24(10-12-25)20(27)14-26-22(29)16-5-3-4-6-17(16)23(26)30/h3-8,13H,9-12,14H2,1-2H3. The summed E-state index contributed by atoms with van der Waals surface area (Å²) in [7, 11) is 3.03. The lowest BCUT2D eigenvalue weighted by atomic mass is 10.1. The molecule has 0 aliphatic carbocycles. The molecule has 1 fully saturated rings. The van der Waals surface area contributed by atoms with Crippen molar-refractivity contribution in [1.29, 1.82) is 0 Å². The van der Waals surface area contributed by atoms with Crippen LogP contribution in [0.25, 0.3) is 0 Å². The Morgan fingerprint density at radius 3 is 1.94 bits per heavy atom. The number of nitrogens with zero attached hydrogens (tertiary/aromatic N) is 3. The van der Waals surface area contributed by atoms with E-state index in [1.807, 2.05) is 0 Å². The predicted molar refractivity (Wildman–Crippen MR) is 114 cm³/mol. The zero-order valence-corrected chi connectivity index (χ0v) is 17.9. The Bertz CT molecular complexity index is 1060. The predicted octanol–water partition coefficient (Wildman–Crippen LogP) is 1.28. The van der Waals surface area contributed by atoms with Gasteiger partial charge in [-0.3, -0.25) is 24.1 Å². The van der Waals surface area contributed by atoms with E-state index in [1.165, 1.54) is 14.2 Å². The first-order valence-corrected chi connectivity index (χ1v) is 10.2. The van der Waals surface area contributed by atoms with E-state index >= 15 is 0 Å². The molecule has 32 heavy (non-hydrogen) atoms. The second-order valence-electron chi connectivity index (χ2n) is 7.48. The van der Waals surface area contributed by atoms with Crippen LogP contribution in [0.1, 0.15) is 31.1 Å². The van der Waals surface area contributed by atoms with Crippen LogP contribution in [0, 0.1) is 0 Å². The molecular weight excluding hydrogens is 414 g/mol. The molecule has 2 aliphatic heterocycles. The largest absolute Gasteiger partial charge is 0.493 e. The normalized spacial score (nSPS) is 15.6. The third-order valence-electron chi connectivity index (χ3n) is 5.72. The summed E-state index contributed by atoms with van der Waals surface area (Å²) in [6, 6.07) is 11.5. The number of hydrogen-bond acceptors (Lipinski definition) is 6. The molecule has 0 unspecified atom stereocenters. The first-order chi connectivity index (χ1) is 15.4. The third kappa shape index (κ3) is 3.77. The van der Waals surface area contributed by atoms with Crippen LogP contribution in [0.2, 0.25) is 0 Å². The van der Waals surface area contributed by atoms with Crippen molar-refractivity contribution >= 4 is 23.6 Å². The van der Waals surface area contributed by atoms with Crippen LogP contribution in [0.5, 0.6) is 11.5 Å². The topological polar surface area (TPSA) is 96.5 Å². The van der Waals surface area contributed by atoms with Crippen LogP contribution < -0.4 is 9.47 Å². The average molecular weight is 437 g/mol. The highest BCUT2D eigenvalue weighted by atomic mass is 16.5. The molecule has 0 radical (unpaired) electrons. The SMILES string of the molecule is COc1ccc(C(=O)N2CCN(C(=O)CN3C(=O)c4ccccc4C3=O)CC2)cc1OC. The van der Waals surface area contributed by atoms with Crippen LogP contribution >= 0.6 is 0 Å². The second-order valence-corrected chi connectivity index (χ2v) is 7.48. The lowest BCUT2D eigenvalue weighted by Gasteiger charge is -2.35. The zero-order chi connectivity index (χ0) is 22.8. The molecule has 0 aromatic heterocycles. The summed E-state index contributed by atoms with van der Waals surface area (Å²) in [6.45, 7) is 1.03. The lowest BCUT2D eigenvalue weighted by Crippen LogP contribution is -2.53. The maximum atomic E-state index is 12.9. The molecule has 4 rings (SSSR count). The summed E-state index contributed by atoms with van der Waals surface area (Å²) in [5.41, 5.74) is 1.10. The molecule has 2 aromatic rings. The molecule has 0 N–H and O–H groups in total. The van der Waals surface area contributed by atoms with E-state index in [0.717, 1.165) is 4.90 Å². The molecule has 9 nitrogen and oxygen atoms in total. The third-order valence-corrected chi connectivity index (χ3v) is 5.72. The number of benzene rings is 2. The molecule has 9 heteroatoms. The quantitative estimate of drug-likeness (QED) is 0.654. The molecule has 0 spiro atoms. The number of hydrogen-bond donors (Lipinski definition) is 0. The monoisotopic (exact) mass is 437 g/mol. The molecule has 1 saturated heterocycles. The van der Waals surface area contributed by atoms with Gasteiger partial charge in [0.25, 0.3) is 17.7 Å². The van der Waals surface area contributed by atoms with Gasteiger partial charge in [-0.05, 0) is 30.3 Å². The van der Waals surface area contributed by atoms with E-state index in [0.29, 0.717) is 54.4 Å². The van der Waals surface area contributed by atoms with E-state index in [2.05, 4.69) is 0 Å². The van der Waals surface area contributed by atoms with Gasteiger partial charge in [0, 0.05) is 31.7 Å². The van der Waals surface area contributed by atoms with Crippen LogP contribution in [-0.2, 0) is 4.79 Å². The van der Waals surface area contributed by atoms with Gasteiger partial charge in [0.1, 0.15) is 6.54 Å². The number of rotatable bonds is 5. The van der Waals surface area contributed by atoms with Gasteiger partial charge in [0.2, 0.25) is 5.91 Å². The molecule has 0 bridgehead atoms. The fourth-order valence-corrected chi connectivity index (χ4v) is 3.93. The number of ether oxygens (including phenoxy) is 2. The van der Waals surface area contributed by atoms with Crippen LogP contribution in [0.4, 0.5) is 0 Å². The minimum absolute atomic E-state index is 0.168. The van der Waals surface area contributed by atoms with E-state index in [4.69, 9.17) is 9.47 Å². The number of fused-ring (bicyclic) bond motifs is 1. The Balaban J connectivity index is 1.36. The Labute approximate surface area is 185 Å². The summed E-state index contributed by atoms with van der Waals surface area (Å²) in [5, 5.41) is 0. The highest BCUT2D eigenvalue weighted by Crippen LogP contribution is 2.28. The zero-order valence-electron chi connectivity index (χ0n) is 17.9. The minimum Gasteiger partial charge on any atom is -0.493 e. The van der Waals surface area contributed by atoms with Gasteiger partial charge in [0.15, 0.2) is 11.5 Å². The first kappa shape index (κ1) is 21.4. The second kappa shape index (κ2) is 8.70. The molecule has 2 heterocycles. The molecular formula is C23H23N3O6. The maximum absolute atomic E-state index is 12.9. The van der Waals surface area contributed by atoms with Crippen LogP contribution in [0.15, 0.2) is 42.5 Å². The Morgan fingerprint density at radius 2 is 1.38 bits per heavy atom. The van der Waals surface area contributed by atoms with Crippen LogP contribution in [0.3, 0.4) is 0 Å². The summed E-state index contributed by atoms with van der Waals surface area (Å²) in [5.74, 6) is -0.403. The summed E-state index contributed by atoms with van der Waals surface area (Å²) < 4.78 is 10.5. The molecule has 4 amide bonds. The van der Waals surface area contributed by atoms with Crippen molar-refractivity contribution in [1.82, 2.24) is 14.7 Å². The van der Waals surface area contributed by atoms with Crippen molar-refractivity contribution in [2.45, 2.75) is 0 Å². The molecule has 2 aromatic carbocycles. The van der Waals surface area contributed by atoms with Gasteiger partial charge in [-0.25, -0.2) is 0 Å². The van der Waals surface area contributed by atoms with Gasteiger partial charge in [-0.15, -0.1) is 0 Å². The van der Waals surface area contributed by atoms with Gasteiger partial charge < -0.3 is 19.3 Å². The Hall–Kier alpha value is -3.88. The summed E-state index contributed by atoms with van der Waals surface area (Å²) in [4.78, 5) is 54.8. The van der Waals surface area contributed by atoms with Gasteiger partial charge in [0.05, 0.1) is 25.3 Å². The summed E-state index contributed by atoms with van der Waals surface area (Å²) >= 11 is 0. The number of carbonyl (C=O) groups excluding carboxylic acids is 4. The van der Waals surface area contributed by atoms with E-state index in [-0.39, 0.29) is 18.4 Å². The highest BCUT2D eigenvalue weighted by Gasteiger charge is 2.37. The molecule has 0 saturated carbocycles. The number of piperazine rings is 1. The minimum atomic E-state index is -0.457. The molecule has 2 aliphatic rings. The van der Waals surface area contributed by atoms with Crippen molar-refractivity contribution in [3.63, 3.8) is 0 Å². The number of amides is 4. The molecule has 166 valence electrons. The average Bonchev–Trinajstić information content (AvgIpc) is 3.08. The first-order valence-electron chi connectivity index (χ1n) is 10.2. The number of imide groups is 1. The number of methoxy groups -OCH3 is 2. The van der Waals surface area contributed by atoms with Gasteiger partial charge in [-0.2, -0.15) is 0 Å². The lowest BCUT2D eigenvalue weighted by molar-refractivity contribution is -0.132. The van der Waals surface area contributed by atoms with Crippen molar-refractivity contribution in [2.24, 2.45) is 0 Å². The van der Waals surface area contributed by atoms with Crippen molar-refractivity contribution in [3.05, 3.63) is 59.2 Å². The smallest absolute Gasteiger partial charge is 0.262 e. The maximum Gasteiger partial charge on any atom is 0.262 e. The van der Waals surface area contributed by atoms with Crippen molar-refractivity contribution in [3.8, 4) is 11.5 Å². The van der Waals surface area contributed by atoms with E-state index in [1.54, 1.807) is 52.3 Å². The Morgan fingerprint density at radius 1 is 0.812 bits per heavy atom. The van der Waals surface area contributed by atoms with Gasteiger partial charge >= 0.3 is 0 Å². The number of carbonyl (C=O) groups is 4. The fourth-order valence-electron chi connectivity index (χ4n) is 3.93. The van der Waals surface area contributed by atoms with E-state index < -0.39 is 11.8 Å². The highest BCUT2D eigenvalue weighted by molar-refractivity contribution is 6.22. The fraction of sp³-hybridized carbons (Fsp3) is 0.304. The molecule has 0 atom stereocenters. The summed E-state index contributed by atoms with van der Waals surface area (Å²) in [6.07, 6.45) is 0. The van der Waals surface area contributed by atoms with Gasteiger partial charge in [-0.1, -0.05) is 12.1 Å².